The van der Waals surface area contributed by atoms with Crippen LogP contribution in [-0.4, -0.2) is 9.13 Å². The molecular formula is C42H26N2. The first-order valence-electron chi connectivity index (χ1n) is 15.2. The predicted molar refractivity (Wildman–Crippen MR) is 185 cm³/mol. The van der Waals surface area contributed by atoms with Crippen molar-refractivity contribution in [2.45, 2.75) is 0 Å². The number of para-hydroxylation sites is 3. The largest absolute Gasteiger partial charge is 0.309 e. The van der Waals surface area contributed by atoms with E-state index >= 15 is 0 Å². The van der Waals surface area contributed by atoms with Crippen molar-refractivity contribution >= 4 is 43.6 Å². The number of fused-ring (bicyclic) bond motifs is 11. The zero-order valence-electron chi connectivity index (χ0n) is 23.9. The Hall–Kier alpha value is -5.86. The molecule has 0 fully saturated rings. The maximum Gasteiger partial charge on any atom is 0.0621 e. The van der Waals surface area contributed by atoms with Gasteiger partial charge >= 0.3 is 0 Å². The van der Waals surface area contributed by atoms with Crippen molar-refractivity contribution in [1.29, 1.82) is 0 Å². The van der Waals surface area contributed by atoms with Crippen LogP contribution in [0.1, 0.15) is 0 Å². The zero-order chi connectivity index (χ0) is 28.8. The van der Waals surface area contributed by atoms with Gasteiger partial charge in [0, 0.05) is 38.4 Å². The molecule has 10 rings (SSSR count). The van der Waals surface area contributed by atoms with Crippen LogP contribution >= 0.6 is 0 Å². The number of nitrogens with zero attached hydrogens (tertiary/aromatic N) is 2. The van der Waals surface area contributed by atoms with Gasteiger partial charge in [0.25, 0.3) is 0 Å². The molecule has 0 saturated heterocycles. The second-order valence-corrected chi connectivity index (χ2v) is 11.8. The fraction of sp³-hybridized carbons (Fsp3) is 0. The lowest BCUT2D eigenvalue weighted by atomic mass is 9.91. The van der Waals surface area contributed by atoms with Gasteiger partial charge in [-0.3, -0.25) is 0 Å². The van der Waals surface area contributed by atoms with E-state index in [9.17, 15) is 0 Å². The molecule has 2 heteroatoms. The molecule has 2 nitrogen and oxygen atoms in total. The maximum absolute atomic E-state index is 2.50. The highest BCUT2D eigenvalue weighted by atomic mass is 15.0. The molecule has 9 aromatic rings. The summed E-state index contributed by atoms with van der Waals surface area (Å²) in [6.45, 7) is 0. The van der Waals surface area contributed by atoms with E-state index in [0.717, 1.165) is 0 Å². The van der Waals surface area contributed by atoms with E-state index in [1.807, 2.05) is 0 Å². The van der Waals surface area contributed by atoms with Gasteiger partial charge in [0.1, 0.15) is 0 Å². The first-order chi connectivity index (χ1) is 21.8. The normalized spacial score (nSPS) is 12.1. The fourth-order valence-corrected chi connectivity index (χ4v) is 7.58. The molecule has 0 amide bonds. The molecule has 1 aliphatic rings. The summed E-state index contributed by atoms with van der Waals surface area (Å²) in [4.78, 5) is 0. The maximum atomic E-state index is 2.50. The van der Waals surface area contributed by atoms with Crippen molar-refractivity contribution in [3.8, 4) is 44.8 Å². The zero-order valence-corrected chi connectivity index (χ0v) is 23.9. The molecule has 0 unspecified atom stereocenters. The third-order valence-corrected chi connectivity index (χ3v) is 9.44. The molecule has 1 aliphatic heterocycles. The lowest BCUT2D eigenvalue weighted by Gasteiger charge is -2.14. The molecule has 44 heavy (non-hydrogen) atoms. The summed E-state index contributed by atoms with van der Waals surface area (Å²) in [5, 5.41) is 5.09. The summed E-state index contributed by atoms with van der Waals surface area (Å²) >= 11 is 0. The summed E-state index contributed by atoms with van der Waals surface area (Å²) in [6.07, 6.45) is 0. The Kier molecular flexibility index (Phi) is 4.75. The number of rotatable bonds is 2. The van der Waals surface area contributed by atoms with Gasteiger partial charge < -0.3 is 9.13 Å². The van der Waals surface area contributed by atoms with Gasteiger partial charge in [-0.2, -0.15) is 0 Å². The lowest BCUT2D eigenvalue weighted by Crippen LogP contribution is -1.97. The van der Waals surface area contributed by atoms with Crippen LogP contribution in [0.4, 0.5) is 0 Å². The molecule has 0 bridgehead atoms. The highest BCUT2D eigenvalue weighted by molar-refractivity contribution is 6.18. The highest BCUT2D eigenvalue weighted by Crippen LogP contribution is 2.48. The van der Waals surface area contributed by atoms with E-state index in [4.69, 9.17) is 0 Å². The van der Waals surface area contributed by atoms with E-state index in [1.54, 1.807) is 0 Å². The van der Waals surface area contributed by atoms with Crippen molar-refractivity contribution < 1.29 is 0 Å². The summed E-state index contributed by atoms with van der Waals surface area (Å²) in [5.74, 6) is 0. The number of hydrogen-bond acceptors (Lipinski definition) is 0. The number of hydrogen-bond donors (Lipinski definition) is 0. The Balaban J connectivity index is 1.37. The van der Waals surface area contributed by atoms with Gasteiger partial charge in [0.2, 0.25) is 0 Å². The molecular weight excluding hydrogens is 532 g/mol. The van der Waals surface area contributed by atoms with E-state index in [1.165, 1.54) is 88.4 Å². The van der Waals surface area contributed by atoms with Gasteiger partial charge in [0.05, 0.1) is 27.8 Å². The Labute approximate surface area is 254 Å². The molecule has 0 spiro atoms. The smallest absolute Gasteiger partial charge is 0.0621 e. The van der Waals surface area contributed by atoms with Crippen molar-refractivity contribution in [2.24, 2.45) is 0 Å². The first kappa shape index (κ1) is 23.7. The molecule has 204 valence electrons. The minimum absolute atomic E-state index is 1.18. The monoisotopic (exact) mass is 558 g/mol. The Morgan fingerprint density at radius 2 is 0.864 bits per heavy atom. The molecule has 2 aromatic heterocycles. The van der Waals surface area contributed by atoms with Crippen LogP contribution in [0.5, 0.6) is 0 Å². The topological polar surface area (TPSA) is 9.86 Å². The minimum Gasteiger partial charge on any atom is -0.309 e. The van der Waals surface area contributed by atoms with Crippen molar-refractivity contribution in [3.05, 3.63) is 158 Å². The van der Waals surface area contributed by atoms with Crippen LogP contribution in [0.15, 0.2) is 158 Å². The van der Waals surface area contributed by atoms with Gasteiger partial charge in [-0.1, -0.05) is 115 Å². The van der Waals surface area contributed by atoms with E-state index in [2.05, 4.69) is 167 Å². The van der Waals surface area contributed by atoms with E-state index in [-0.39, 0.29) is 0 Å². The average molecular weight is 559 g/mol. The predicted octanol–water partition coefficient (Wildman–Crippen LogP) is 11.2. The molecule has 0 radical (unpaired) electrons. The molecule has 0 aliphatic carbocycles. The van der Waals surface area contributed by atoms with Crippen LogP contribution in [0.25, 0.3) is 88.4 Å². The molecule has 0 atom stereocenters. The minimum atomic E-state index is 1.18. The summed E-state index contributed by atoms with van der Waals surface area (Å²) in [6, 6.07) is 57.8. The van der Waals surface area contributed by atoms with Gasteiger partial charge in [-0.15, -0.1) is 0 Å². The Morgan fingerprint density at radius 3 is 1.55 bits per heavy atom. The Bertz CT molecular complexity index is 2540. The van der Waals surface area contributed by atoms with Crippen molar-refractivity contribution in [2.75, 3.05) is 0 Å². The third kappa shape index (κ3) is 3.14. The van der Waals surface area contributed by atoms with Crippen LogP contribution < -0.4 is 0 Å². The van der Waals surface area contributed by atoms with Crippen LogP contribution in [0, 0.1) is 0 Å². The van der Waals surface area contributed by atoms with Gasteiger partial charge in [0.15, 0.2) is 0 Å². The fourth-order valence-electron chi connectivity index (χ4n) is 7.58. The van der Waals surface area contributed by atoms with E-state index in [0.29, 0.717) is 0 Å². The lowest BCUT2D eigenvalue weighted by molar-refractivity contribution is 1.17. The number of benzene rings is 7. The summed E-state index contributed by atoms with van der Waals surface area (Å²) in [5.41, 5.74) is 14.8. The highest BCUT2D eigenvalue weighted by Gasteiger charge is 2.26. The standard InChI is InChI=1S/C42H26N2/c1-2-12-27(13-3-1)28-22-23-41-35(24-28)30-14-4-5-15-31(30)36-25-29(26-37-34-18-8-11-21-40(34)44(41)42(36)37)43-38-19-9-6-16-32(38)33-17-7-10-20-39(33)43/h1-26H. The first-order valence-corrected chi connectivity index (χ1v) is 15.2. The summed E-state index contributed by atoms with van der Waals surface area (Å²) < 4.78 is 4.95. The second-order valence-electron chi connectivity index (χ2n) is 11.8. The third-order valence-electron chi connectivity index (χ3n) is 9.44. The van der Waals surface area contributed by atoms with Gasteiger partial charge in [-0.25, -0.2) is 0 Å². The second kappa shape index (κ2) is 8.82. The van der Waals surface area contributed by atoms with Crippen molar-refractivity contribution in [3.63, 3.8) is 0 Å². The quantitative estimate of drug-likeness (QED) is 0.200. The molecule has 7 aromatic carbocycles. The Morgan fingerprint density at radius 1 is 0.318 bits per heavy atom. The number of aromatic nitrogens is 2. The van der Waals surface area contributed by atoms with Crippen molar-refractivity contribution in [1.82, 2.24) is 9.13 Å². The summed E-state index contributed by atoms with van der Waals surface area (Å²) in [7, 11) is 0. The molecule has 0 N–H and O–H groups in total. The molecule has 0 saturated carbocycles. The van der Waals surface area contributed by atoms with Crippen LogP contribution in [-0.2, 0) is 0 Å². The van der Waals surface area contributed by atoms with Gasteiger partial charge in [-0.05, 0) is 64.7 Å². The molecule has 3 heterocycles. The SMILES string of the molecule is c1ccc(-c2ccc3c(c2)-c2ccccc2-c2cc(-n4c5ccccc5c5ccccc54)cc4c5ccccc5n-3c24)cc1. The van der Waals surface area contributed by atoms with Crippen LogP contribution in [0.3, 0.4) is 0 Å². The average Bonchev–Trinajstić information content (AvgIpc) is 3.57. The van der Waals surface area contributed by atoms with Crippen LogP contribution in [0.2, 0.25) is 0 Å². The van der Waals surface area contributed by atoms with E-state index < -0.39 is 0 Å².